The number of benzene rings is 1. The first-order valence-electron chi connectivity index (χ1n) is 5.97. The van der Waals surface area contributed by atoms with Crippen LogP contribution in [0, 0.1) is 3.57 Å². The molecule has 0 N–H and O–H groups in total. The van der Waals surface area contributed by atoms with Crippen molar-refractivity contribution in [1.82, 2.24) is 4.90 Å². The fraction of sp³-hybridized carbons (Fsp3) is 0.462. The van der Waals surface area contributed by atoms with Crippen molar-refractivity contribution in [2.75, 3.05) is 26.8 Å². The lowest BCUT2D eigenvalue weighted by atomic mass is 10.1. The number of morpholine rings is 1. The van der Waals surface area contributed by atoms with Crippen LogP contribution in [0.5, 0.6) is 5.75 Å². The van der Waals surface area contributed by atoms with E-state index in [1.165, 1.54) is 0 Å². The summed E-state index contributed by atoms with van der Waals surface area (Å²) in [5.74, 6) is 0.489. The third-order valence-corrected chi connectivity index (χ3v) is 4.53. The summed E-state index contributed by atoms with van der Waals surface area (Å²) in [6.45, 7) is 3.70. The van der Waals surface area contributed by atoms with E-state index in [1.54, 1.807) is 24.1 Å². The maximum atomic E-state index is 12.5. The van der Waals surface area contributed by atoms with E-state index in [4.69, 9.17) is 21.1 Å². The zero-order valence-electron chi connectivity index (χ0n) is 10.8. The van der Waals surface area contributed by atoms with Gasteiger partial charge < -0.3 is 14.4 Å². The normalized spacial score (nSPS) is 19.4. The number of ether oxygens (including phenoxy) is 2. The highest BCUT2D eigenvalue weighted by atomic mass is 127. The van der Waals surface area contributed by atoms with Gasteiger partial charge in [-0.2, -0.15) is 0 Å². The van der Waals surface area contributed by atoms with Crippen molar-refractivity contribution in [3.63, 3.8) is 0 Å². The van der Waals surface area contributed by atoms with Gasteiger partial charge in [-0.25, -0.2) is 0 Å². The molecule has 1 aliphatic heterocycles. The lowest BCUT2D eigenvalue weighted by Crippen LogP contribution is -2.44. The van der Waals surface area contributed by atoms with Gasteiger partial charge in [0.1, 0.15) is 5.75 Å². The van der Waals surface area contributed by atoms with Crippen LogP contribution in [-0.4, -0.2) is 43.7 Å². The predicted octanol–water partition coefficient (Wildman–Crippen LogP) is 2.81. The molecule has 1 aromatic rings. The topological polar surface area (TPSA) is 38.8 Å². The van der Waals surface area contributed by atoms with E-state index < -0.39 is 0 Å². The molecule has 4 nitrogen and oxygen atoms in total. The Morgan fingerprint density at radius 2 is 2.32 bits per heavy atom. The Morgan fingerprint density at radius 1 is 1.58 bits per heavy atom. The Hall–Kier alpha value is -0.530. The van der Waals surface area contributed by atoms with E-state index in [-0.39, 0.29) is 12.0 Å². The Balaban J connectivity index is 2.30. The first-order chi connectivity index (χ1) is 9.02. The van der Waals surface area contributed by atoms with E-state index in [1.807, 2.05) is 6.92 Å². The second kappa shape index (κ2) is 6.28. The van der Waals surface area contributed by atoms with Crippen LogP contribution in [0.25, 0.3) is 0 Å². The molecule has 19 heavy (non-hydrogen) atoms. The number of carbonyl (C=O) groups is 1. The molecule has 6 heteroatoms. The molecule has 0 spiro atoms. The van der Waals surface area contributed by atoms with Crippen LogP contribution in [0.1, 0.15) is 17.3 Å². The van der Waals surface area contributed by atoms with Gasteiger partial charge in [0.2, 0.25) is 0 Å². The minimum absolute atomic E-state index is 0.0583. The van der Waals surface area contributed by atoms with E-state index in [9.17, 15) is 4.79 Å². The summed E-state index contributed by atoms with van der Waals surface area (Å²) in [6, 6.07) is 3.45. The number of hydrogen-bond acceptors (Lipinski definition) is 3. The third-order valence-electron chi connectivity index (χ3n) is 3.00. The van der Waals surface area contributed by atoms with Gasteiger partial charge >= 0.3 is 0 Å². The Kier molecular flexibility index (Phi) is 4.92. The van der Waals surface area contributed by atoms with Gasteiger partial charge in [-0.05, 0) is 41.6 Å². The molecule has 2 rings (SSSR count). The van der Waals surface area contributed by atoms with E-state index in [2.05, 4.69) is 22.6 Å². The number of rotatable bonds is 2. The van der Waals surface area contributed by atoms with Crippen molar-refractivity contribution in [1.29, 1.82) is 0 Å². The number of hydrogen-bond donors (Lipinski definition) is 0. The molecule has 1 aromatic carbocycles. The molecule has 1 amide bonds. The monoisotopic (exact) mass is 395 g/mol. The Bertz CT molecular complexity index is 495. The van der Waals surface area contributed by atoms with Gasteiger partial charge in [-0.3, -0.25) is 4.79 Å². The molecule has 0 radical (unpaired) electrons. The predicted molar refractivity (Wildman–Crippen MR) is 82.0 cm³/mol. The fourth-order valence-electron chi connectivity index (χ4n) is 2.04. The summed E-state index contributed by atoms with van der Waals surface area (Å²) in [4.78, 5) is 14.3. The Labute approximate surface area is 131 Å². The molecule has 0 aliphatic carbocycles. The quantitative estimate of drug-likeness (QED) is 0.723. The summed E-state index contributed by atoms with van der Waals surface area (Å²) in [7, 11) is 1.55. The number of halogens is 2. The average Bonchev–Trinajstić information content (AvgIpc) is 2.40. The van der Waals surface area contributed by atoms with Crippen LogP contribution in [0.4, 0.5) is 0 Å². The summed E-state index contributed by atoms with van der Waals surface area (Å²) < 4.78 is 11.6. The minimum Gasteiger partial charge on any atom is -0.496 e. The highest BCUT2D eigenvalue weighted by Gasteiger charge is 2.25. The van der Waals surface area contributed by atoms with Gasteiger partial charge in [0.05, 0.1) is 30.4 Å². The maximum Gasteiger partial charge on any atom is 0.257 e. The summed E-state index contributed by atoms with van der Waals surface area (Å²) >= 11 is 8.21. The lowest BCUT2D eigenvalue weighted by molar-refractivity contribution is -0.0125. The largest absolute Gasteiger partial charge is 0.496 e. The number of nitrogens with zero attached hydrogens (tertiary/aromatic N) is 1. The Morgan fingerprint density at radius 3 is 2.95 bits per heavy atom. The minimum atomic E-state index is -0.0645. The maximum absolute atomic E-state index is 12.5. The van der Waals surface area contributed by atoms with Gasteiger partial charge in [-0.1, -0.05) is 11.6 Å². The molecule has 0 bridgehead atoms. The summed E-state index contributed by atoms with van der Waals surface area (Å²) in [5, 5.41) is 0.561. The smallest absolute Gasteiger partial charge is 0.257 e. The molecule has 104 valence electrons. The third kappa shape index (κ3) is 3.32. The SMILES string of the molecule is COc1cc(I)c(Cl)cc1C(=O)N1CCO[C@@H](C)C1. The molecule has 1 aliphatic rings. The first kappa shape index (κ1) is 14.9. The highest BCUT2D eigenvalue weighted by Crippen LogP contribution is 2.29. The molecule has 1 atom stereocenters. The molecule has 0 unspecified atom stereocenters. The van der Waals surface area contributed by atoms with E-state index in [0.29, 0.717) is 36.0 Å². The first-order valence-corrected chi connectivity index (χ1v) is 7.42. The zero-order valence-corrected chi connectivity index (χ0v) is 13.7. The molecular formula is C13H15ClINO3. The molecule has 1 fully saturated rings. The average molecular weight is 396 g/mol. The van der Waals surface area contributed by atoms with Gasteiger partial charge in [0.25, 0.3) is 5.91 Å². The van der Waals surface area contributed by atoms with Crippen LogP contribution in [0.2, 0.25) is 5.02 Å². The molecule has 0 saturated carbocycles. The number of carbonyl (C=O) groups excluding carboxylic acids is 1. The van der Waals surface area contributed by atoms with Crippen molar-refractivity contribution >= 4 is 40.1 Å². The van der Waals surface area contributed by atoms with Gasteiger partial charge in [0, 0.05) is 16.7 Å². The molecule has 1 saturated heterocycles. The number of methoxy groups -OCH3 is 1. The second-order valence-corrected chi connectivity index (χ2v) is 5.97. The van der Waals surface area contributed by atoms with Crippen molar-refractivity contribution in [3.05, 3.63) is 26.3 Å². The number of amides is 1. The van der Waals surface area contributed by atoms with E-state index >= 15 is 0 Å². The molecule has 1 heterocycles. The van der Waals surface area contributed by atoms with Crippen LogP contribution >= 0.6 is 34.2 Å². The van der Waals surface area contributed by atoms with Gasteiger partial charge in [-0.15, -0.1) is 0 Å². The van der Waals surface area contributed by atoms with Crippen molar-refractivity contribution in [2.24, 2.45) is 0 Å². The summed E-state index contributed by atoms with van der Waals surface area (Å²) in [6.07, 6.45) is 0.0583. The van der Waals surface area contributed by atoms with Crippen LogP contribution in [-0.2, 0) is 4.74 Å². The zero-order chi connectivity index (χ0) is 14.0. The fourth-order valence-corrected chi connectivity index (χ4v) is 2.64. The second-order valence-electron chi connectivity index (χ2n) is 4.40. The summed E-state index contributed by atoms with van der Waals surface area (Å²) in [5.41, 5.74) is 0.502. The molecular weight excluding hydrogens is 381 g/mol. The highest BCUT2D eigenvalue weighted by molar-refractivity contribution is 14.1. The van der Waals surface area contributed by atoms with E-state index in [0.717, 1.165) is 3.57 Å². The van der Waals surface area contributed by atoms with Crippen LogP contribution in [0.3, 0.4) is 0 Å². The van der Waals surface area contributed by atoms with Gasteiger partial charge in [0.15, 0.2) is 0 Å². The van der Waals surface area contributed by atoms with Crippen molar-refractivity contribution < 1.29 is 14.3 Å². The molecule has 0 aromatic heterocycles. The van der Waals surface area contributed by atoms with Crippen LogP contribution in [0.15, 0.2) is 12.1 Å². The lowest BCUT2D eigenvalue weighted by Gasteiger charge is -2.31. The van der Waals surface area contributed by atoms with Crippen molar-refractivity contribution in [2.45, 2.75) is 13.0 Å². The van der Waals surface area contributed by atoms with Crippen LogP contribution < -0.4 is 4.74 Å². The standard InChI is InChI=1S/C13H15ClINO3/c1-8-7-16(3-4-19-8)13(17)9-5-10(14)11(15)6-12(9)18-2/h5-6,8H,3-4,7H2,1-2H3/t8-/m0/s1. The van der Waals surface area contributed by atoms with Crippen molar-refractivity contribution in [3.8, 4) is 5.75 Å².